The van der Waals surface area contributed by atoms with Gasteiger partial charge in [-0.2, -0.15) is 0 Å². The van der Waals surface area contributed by atoms with Crippen LogP contribution in [0.5, 0.6) is 11.5 Å². The minimum atomic E-state index is -0.312. The lowest BCUT2D eigenvalue weighted by molar-refractivity contribution is -0.116. The smallest absolute Gasteiger partial charge is 0.244 e. The Hall–Kier alpha value is -2.82. The molecule has 0 atom stereocenters. The van der Waals surface area contributed by atoms with Crippen molar-refractivity contribution in [1.82, 2.24) is 5.32 Å². The summed E-state index contributed by atoms with van der Waals surface area (Å²) in [5.74, 6) is 0.775. The van der Waals surface area contributed by atoms with E-state index in [0.29, 0.717) is 18.9 Å². The molecule has 0 fully saturated rings. The molecule has 1 N–H and O–H groups in total. The van der Waals surface area contributed by atoms with Crippen molar-refractivity contribution in [2.45, 2.75) is 0 Å². The van der Waals surface area contributed by atoms with Crippen molar-refractivity contribution < 1.29 is 18.7 Å². The van der Waals surface area contributed by atoms with Crippen molar-refractivity contribution >= 4 is 12.0 Å². The molecule has 4 nitrogen and oxygen atoms in total. The van der Waals surface area contributed by atoms with E-state index in [1.165, 1.54) is 18.2 Å². The number of benzene rings is 2. The lowest BCUT2D eigenvalue weighted by Gasteiger charge is -2.06. The van der Waals surface area contributed by atoms with Crippen molar-refractivity contribution in [1.29, 1.82) is 0 Å². The van der Waals surface area contributed by atoms with Gasteiger partial charge in [0.1, 0.15) is 23.9 Å². The van der Waals surface area contributed by atoms with E-state index in [9.17, 15) is 9.18 Å². The average Bonchev–Trinajstić information content (AvgIpc) is 2.58. The number of ether oxygens (including phenoxy) is 2. The predicted octanol–water partition coefficient (Wildman–Crippen LogP) is 3.04. The van der Waals surface area contributed by atoms with E-state index in [4.69, 9.17) is 9.47 Å². The van der Waals surface area contributed by atoms with Gasteiger partial charge in [0.05, 0.1) is 13.7 Å². The quantitative estimate of drug-likeness (QED) is 0.631. The Kier molecular flexibility index (Phi) is 6.17. The molecule has 0 unspecified atom stereocenters. The molecule has 0 aliphatic heterocycles. The fourth-order valence-electron chi connectivity index (χ4n) is 1.85. The van der Waals surface area contributed by atoms with Gasteiger partial charge in [0.25, 0.3) is 0 Å². The van der Waals surface area contributed by atoms with Gasteiger partial charge in [-0.1, -0.05) is 12.1 Å². The molecule has 2 rings (SSSR count). The summed E-state index contributed by atoms with van der Waals surface area (Å²) in [6.07, 6.45) is 3.16. The summed E-state index contributed by atoms with van der Waals surface area (Å²) in [5.41, 5.74) is 0.877. The van der Waals surface area contributed by atoms with E-state index >= 15 is 0 Å². The van der Waals surface area contributed by atoms with Crippen molar-refractivity contribution in [3.8, 4) is 11.5 Å². The van der Waals surface area contributed by atoms with Gasteiger partial charge in [0.2, 0.25) is 5.91 Å². The number of amides is 1. The van der Waals surface area contributed by atoms with E-state index in [2.05, 4.69) is 5.32 Å². The van der Waals surface area contributed by atoms with Gasteiger partial charge in [-0.05, 0) is 48.0 Å². The summed E-state index contributed by atoms with van der Waals surface area (Å²) in [6, 6.07) is 13.1. The minimum absolute atomic E-state index is 0.212. The molecular weight excluding hydrogens is 297 g/mol. The standard InChI is InChI=1S/C18H18FNO3/c1-22-17-4-2-3-14(13-17)5-10-18(21)20-11-12-23-16-8-6-15(19)7-9-16/h2-10,13H,11-12H2,1H3,(H,20,21)/b10-5+. The Morgan fingerprint density at radius 1 is 1.17 bits per heavy atom. The van der Waals surface area contributed by atoms with Crippen LogP contribution in [0, 0.1) is 5.82 Å². The van der Waals surface area contributed by atoms with Crippen LogP contribution in [0.15, 0.2) is 54.6 Å². The summed E-state index contributed by atoms with van der Waals surface area (Å²) in [6.45, 7) is 0.670. The molecule has 0 radical (unpaired) electrons. The van der Waals surface area contributed by atoms with Crippen molar-refractivity contribution in [3.63, 3.8) is 0 Å². The van der Waals surface area contributed by atoms with Crippen LogP contribution < -0.4 is 14.8 Å². The second-order valence-corrected chi connectivity index (χ2v) is 4.70. The molecular formula is C18H18FNO3. The van der Waals surface area contributed by atoms with Crippen molar-refractivity contribution in [3.05, 3.63) is 66.0 Å². The first-order valence-corrected chi connectivity index (χ1v) is 7.16. The monoisotopic (exact) mass is 315 g/mol. The number of methoxy groups -OCH3 is 1. The number of carbonyl (C=O) groups excluding carboxylic acids is 1. The van der Waals surface area contributed by atoms with Crippen LogP contribution in [0.3, 0.4) is 0 Å². The lowest BCUT2D eigenvalue weighted by atomic mass is 10.2. The maximum atomic E-state index is 12.7. The summed E-state index contributed by atoms with van der Waals surface area (Å²) in [7, 11) is 1.59. The fraction of sp³-hybridized carbons (Fsp3) is 0.167. The van der Waals surface area contributed by atoms with E-state index < -0.39 is 0 Å². The van der Waals surface area contributed by atoms with Gasteiger partial charge in [-0.15, -0.1) is 0 Å². The van der Waals surface area contributed by atoms with Gasteiger partial charge in [0.15, 0.2) is 0 Å². The zero-order valence-corrected chi connectivity index (χ0v) is 12.8. The normalized spacial score (nSPS) is 10.5. The van der Waals surface area contributed by atoms with Crippen LogP contribution in [0.1, 0.15) is 5.56 Å². The average molecular weight is 315 g/mol. The molecule has 0 saturated carbocycles. The number of halogens is 1. The molecule has 0 aliphatic rings. The SMILES string of the molecule is COc1cccc(/C=C/C(=O)NCCOc2ccc(F)cc2)c1. The number of carbonyl (C=O) groups is 1. The first kappa shape index (κ1) is 16.5. The number of rotatable bonds is 7. The molecule has 2 aromatic carbocycles. The minimum Gasteiger partial charge on any atom is -0.497 e. The molecule has 0 spiro atoms. The molecule has 2 aromatic rings. The van der Waals surface area contributed by atoms with Crippen LogP contribution in [-0.2, 0) is 4.79 Å². The second kappa shape index (κ2) is 8.58. The zero-order valence-electron chi connectivity index (χ0n) is 12.8. The molecule has 1 amide bonds. The molecule has 0 aromatic heterocycles. The highest BCUT2D eigenvalue weighted by molar-refractivity contribution is 5.91. The van der Waals surface area contributed by atoms with Gasteiger partial charge in [0, 0.05) is 6.08 Å². The van der Waals surface area contributed by atoms with Crippen molar-refractivity contribution in [2.24, 2.45) is 0 Å². The van der Waals surface area contributed by atoms with Gasteiger partial charge >= 0.3 is 0 Å². The molecule has 0 bridgehead atoms. The van der Waals surface area contributed by atoms with Gasteiger partial charge in [-0.3, -0.25) is 4.79 Å². The van der Waals surface area contributed by atoms with Gasteiger partial charge in [-0.25, -0.2) is 4.39 Å². The molecule has 120 valence electrons. The maximum absolute atomic E-state index is 12.7. The summed E-state index contributed by atoms with van der Waals surface area (Å²) in [4.78, 5) is 11.7. The maximum Gasteiger partial charge on any atom is 0.244 e. The zero-order chi connectivity index (χ0) is 16.5. The summed E-state index contributed by atoms with van der Waals surface area (Å²) < 4.78 is 23.2. The van der Waals surface area contributed by atoms with Gasteiger partial charge < -0.3 is 14.8 Å². The molecule has 5 heteroatoms. The lowest BCUT2D eigenvalue weighted by Crippen LogP contribution is -2.26. The Labute approximate surface area is 134 Å². The molecule has 23 heavy (non-hydrogen) atoms. The molecule has 0 saturated heterocycles. The van der Waals surface area contributed by atoms with E-state index in [-0.39, 0.29) is 11.7 Å². The molecule has 0 aliphatic carbocycles. The Morgan fingerprint density at radius 3 is 2.70 bits per heavy atom. The third-order valence-electron chi connectivity index (χ3n) is 3.00. The first-order valence-electron chi connectivity index (χ1n) is 7.16. The topological polar surface area (TPSA) is 47.6 Å². The second-order valence-electron chi connectivity index (χ2n) is 4.70. The number of hydrogen-bond acceptors (Lipinski definition) is 3. The fourth-order valence-corrected chi connectivity index (χ4v) is 1.85. The highest BCUT2D eigenvalue weighted by Crippen LogP contribution is 2.13. The van der Waals surface area contributed by atoms with E-state index in [1.807, 2.05) is 24.3 Å². The number of nitrogens with one attached hydrogen (secondary N) is 1. The van der Waals surface area contributed by atoms with Crippen molar-refractivity contribution in [2.75, 3.05) is 20.3 Å². The summed E-state index contributed by atoms with van der Waals surface area (Å²) in [5, 5.41) is 2.71. The Morgan fingerprint density at radius 2 is 1.96 bits per heavy atom. The predicted molar refractivity (Wildman–Crippen MR) is 86.9 cm³/mol. The Bertz CT molecular complexity index is 668. The van der Waals surface area contributed by atoms with Crippen LogP contribution in [0.25, 0.3) is 6.08 Å². The first-order chi connectivity index (χ1) is 11.2. The third-order valence-corrected chi connectivity index (χ3v) is 3.00. The van der Waals surface area contributed by atoms with Crippen LogP contribution >= 0.6 is 0 Å². The highest BCUT2D eigenvalue weighted by Gasteiger charge is 1.98. The number of hydrogen-bond donors (Lipinski definition) is 1. The van der Waals surface area contributed by atoms with Crippen LogP contribution in [-0.4, -0.2) is 26.2 Å². The largest absolute Gasteiger partial charge is 0.497 e. The van der Waals surface area contributed by atoms with Crippen LogP contribution in [0.4, 0.5) is 4.39 Å². The van der Waals surface area contributed by atoms with Crippen LogP contribution in [0.2, 0.25) is 0 Å². The highest BCUT2D eigenvalue weighted by atomic mass is 19.1. The van der Waals surface area contributed by atoms with E-state index in [1.54, 1.807) is 25.3 Å². The summed E-state index contributed by atoms with van der Waals surface area (Å²) >= 11 is 0. The third kappa shape index (κ3) is 5.82. The van der Waals surface area contributed by atoms with E-state index in [0.717, 1.165) is 11.3 Å². The molecule has 0 heterocycles. The Balaban J connectivity index is 1.72.